The summed E-state index contributed by atoms with van der Waals surface area (Å²) in [7, 11) is 1.67. The van der Waals surface area contributed by atoms with Crippen molar-refractivity contribution in [2.45, 2.75) is 233 Å². The first-order valence-electron chi connectivity index (χ1n) is 27.4. The molecular weight excluding hydrogens is 1010 g/mol. The molecule has 8 fully saturated rings. The number of hydrogen-bond donors (Lipinski definition) is 14. The van der Waals surface area contributed by atoms with Gasteiger partial charge in [0.1, 0.15) is 91.6 Å². The van der Waals surface area contributed by atoms with Crippen LogP contribution in [0.3, 0.4) is 0 Å². The fourth-order valence-electron chi connectivity index (χ4n) is 15.3. The van der Waals surface area contributed by atoms with Gasteiger partial charge in [-0.2, -0.15) is 0 Å². The number of ether oxygens (including phenoxy) is 10. The molecule has 0 bridgehead atoms. The molecule has 0 unspecified atom stereocenters. The van der Waals surface area contributed by atoms with E-state index in [0.29, 0.717) is 44.9 Å². The first-order valence-corrected chi connectivity index (χ1v) is 27.4. The number of allylic oxidation sites excluding steroid dienone is 1. The van der Waals surface area contributed by atoms with Gasteiger partial charge < -0.3 is 119 Å². The van der Waals surface area contributed by atoms with Crippen LogP contribution in [0.2, 0.25) is 0 Å². The Morgan fingerprint density at radius 1 is 0.671 bits per heavy atom. The Labute approximate surface area is 442 Å². The first kappa shape index (κ1) is 59.4. The monoisotopic (exact) mass is 1090 g/mol. The second kappa shape index (κ2) is 23.2. The summed E-state index contributed by atoms with van der Waals surface area (Å²) < 4.78 is 60.6. The lowest BCUT2D eigenvalue weighted by Crippen LogP contribution is -2.65. The third-order valence-corrected chi connectivity index (χ3v) is 19.7. The molecule has 5 heterocycles. The molecule has 5 aliphatic heterocycles. The second-order valence-electron chi connectivity index (χ2n) is 24.2. The van der Waals surface area contributed by atoms with Crippen molar-refractivity contribution in [2.75, 3.05) is 33.5 Å². The van der Waals surface area contributed by atoms with E-state index in [-0.39, 0.29) is 53.6 Å². The van der Waals surface area contributed by atoms with Crippen molar-refractivity contribution in [3.8, 4) is 0 Å². The van der Waals surface area contributed by atoms with E-state index in [0.717, 1.165) is 12.0 Å². The molecule has 0 aromatic heterocycles. The van der Waals surface area contributed by atoms with Crippen LogP contribution in [-0.2, 0) is 47.4 Å². The van der Waals surface area contributed by atoms with Crippen LogP contribution in [0.1, 0.15) is 86.0 Å². The lowest BCUT2D eigenvalue weighted by Gasteiger charge is -2.60. The van der Waals surface area contributed by atoms with Crippen LogP contribution in [0, 0.1) is 46.3 Å². The van der Waals surface area contributed by atoms with Crippen molar-refractivity contribution in [3.63, 3.8) is 0 Å². The van der Waals surface area contributed by atoms with Crippen LogP contribution in [0.5, 0.6) is 0 Å². The van der Waals surface area contributed by atoms with Crippen molar-refractivity contribution < 1.29 is 119 Å². The fourth-order valence-corrected chi connectivity index (χ4v) is 15.3. The molecule has 5 saturated heterocycles. The predicted octanol–water partition coefficient (Wildman–Crippen LogP) is -3.38. The summed E-state index contributed by atoms with van der Waals surface area (Å²) in [6, 6.07) is 0. The van der Waals surface area contributed by atoms with Gasteiger partial charge >= 0.3 is 0 Å². The average Bonchev–Trinajstić information content (AvgIpc) is 3.99. The molecule has 14 N–H and O–H groups in total. The molecule has 0 aromatic rings. The Morgan fingerprint density at radius 3 is 1.89 bits per heavy atom. The minimum Gasteiger partial charge on any atom is -0.394 e. The molecule has 9 aliphatic rings. The summed E-state index contributed by atoms with van der Waals surface area (Å²) in [5, 5.41) is 149. The third-order valence-electron chi connectivity index (χ3n) is 19.7. The predicted molar refractivity (Wildman–Crippen MR) is 256 cm³/mol. The van der Waals surface area contributed by atoms with E-state index in [4.69, 9.17) is 47.4 Å². The highest BCUT2D eigenvalue weighted by molar-refractivity contribution is 5.28. The molecule has 0 spiro atoms. The van der Waals surface area contributed by atoms with E-state index in [1.807, 2.05) is 6.92 Å². The molecule has 438 valence electrons. The number of rotatable bonds is 16. The molecule has 0 amide bonds. The Hall–Kier alpha value is -1.22. The van der Waals surface area contributed by atoms with Crippen LogP contribution < -0.4 is 0 Å². The zero-order valence-corrected chi connectivity index (χ0v) is 44.1. The highest BCUT2D eigenvalue weighted by atomic mass is 16.8. The third kappa shape index (κ3) is 10.5. The minimum atomic E-state index is -1.78. The van der Waals surface area contributed by atoms with Gasteiger partial charge in [0.15, 0.2) is 30.9 Å². The number of methoxy groups -OCH3 is 1. The van der Waals surface area contributed by atoms with E-state index in [9.17, 15) is 71.5 Å². The van der Waals surface area contributed by atoms with Crippen LogP contribution in [0.15, 0.2) is 11.6 Å². The van der Waals surface area contributed by atoms with Gasteiger partial charge in [-0.15, -0.1) is 0 Å². The van der Waals surface area contributed by atoms with Gasteiger partial charge in [-0.1, -0.05) is 39.3 Å². The first-order chi connectivity index (χ1) is 35.9. The molecule has 32 atom stereocenters. The second-order valence-corrected chi connectivity index (χ2v) is 24.2. The maximum Gasteiger partial charge on any atom is 0.187 e. The van der Waals surface area contributed by atoms with Crippen molar-refractivity contribution >= 4 is 0 Å². The van der Waals surface area contributed by atoms with Gasteiger partial charge in [0, 0.05) is 19.4 Å². The molecule has 24 heteroatoms. The van der Waals surface area contributed by atoms with Crippen molar-refractivity contribution in [1.82, 2.24) is 0 Å². The Bertz CT molecular complexity index is 1970. The van der Waals surface area contributed by atoms with Crippen molar-refractivity contribution in [3.05, 3.63) is 11.6 Å². The van der Waals surface area contributed by atoms with Crippen LogP contribution in [-0.4, -0.2) is 252 Å². The highest BCUT2D eigenvalue weighted by Gasteiger charge is 2.70. The summed E-state index contributed by atoms with van der Waals surface area (Å²) in [6.07, 6.45) is -24.4. The standard InChI is InChI=1S/C52H86O24/c1-20(18-68-46-42(64)39(61)35(57)29(16-53)72-46)9-12-52(67-6)21(2)32-28(76-52)14-26-25-8-7-23-13-24(10-11-50(23,4)33(25)27(55)15-51(26,32)5)71-49-45(75-48-44(66)38(60)34(56)22(3)70-48)41(63)37(59)31(74-49)19-69-47-43(65)40(62)36(58)30(17-54)73-47/h7,20-22,24-49,53-66H,8-19H2,1-6H3/t20-,21+,22+,24+,25+,26+,27-,28+,29-,30-,31-,32+,33-,34+,35-,36-,37-,38-,39+,40+,41+,42-,43-,44-,45-,46-,47-,48+,49-,50+,51+,52-/m1/s1. The SMILES string of the molecule is CO[C@]1(CC[C@@H](C)CO[C@@H]2O[C@H](CO)[C@@H](O)[C@H](O)[C@H]2O)O[C@H]2C[C@H]3[C@@H]4CC=C5C[C@@H](O[C@@H]6O[C@H](CO[C@@H]7O[C@H](CO)[C@@H](O)[C@H](O)[C@H]7O)[C@@H](O)[C@H](O)[C@H]6O[C@@H]6O[C@@H](C)[C@H](O)[C@@H](O)[C@H]6O)CC[C@]5(C)[C@H]4[C@H](O)C[C@]3(C)[C@H]2[C@@H]1C. The lowest BCUT2D eigenvalue weighted by molar-refractivity contribution is -0.375. The van der Waals surface area contributed by atoms with Crippen molar-refractivity contribution in [1.29, 1.82) is 0 Å². The van der Waals surface area contributed by atoms with Gasteiger partial charge in [-0.3, -0.25) is 0 Å². The lowest BCUT2D eigenvalue weighted by atomic mass is 9.46. The number of aliphatic hydroxyl groups excluding tert-OH is 14. The molecule has 4 aliphatic carbocycles. The zero-order chi connectivity index (χ0) is 55.1. The summed E-state index contributed by atoms with van der Waals surface area (Å²) in [6.45, 7) is 8.51. The number of fused-ring (bicyclic) bond motifs is 7. The molecule has 3 saturated carbocycles. The summed E-state index contributed by atoms with van der Waals surface area (Å²) in [5.74, 6) is -0.556. The fraction of sp³-hybridized carbons (Fsp3) is 0.962. The van der Waals surface area contributed by atoms with E-state index < -0.39 is 166 Å². The zero-order valence-electron chi connectivity index (χ0n) is 44.1. The van der Waals surface area contributed by atoms with E-state index in [1.54, 1.807) is 7.11 Å². The van der Waals surface area contributed by atoms with Crippen molar-refractivity contribution in [2.24, 2.45) is 46.3 Å². The van der Waals surface area contributed by atoms with Gasteiger partial charge in [-0.05, 0) is 92.3 Å². The highest BCUT2D eigenvalue weighted by Crippen LogP contribution is 2.70. The largest absolute Gasteiger partial charge is 0.394 e. The maximum atomic E-state index is 12.5. The number of aliphatic hydroxyl groups is 14. The van der Waals surface area contributed by atoms with E-state index in [2.05, 4.69) is 26.8 Å². The van der Waals surface area contributed by atoms with Gasteiger partial charge in [-0.25, -0.2) is 0 Å². The van der Waals surface area contributed by atoms with E-state index >= 15 is 0 Å². The molecule has 0 aromatic carbocycles. The topological polar surface area (TPSA) is 376 Å². The van der Waals surface area contributed by atoms with Crippen LogP contribution in [0.25, 0.3) is 0 Å². The maximum absolute atomic E-state index is 12.5. The number of hydrogen-bond acceptors (Lipinski definition) is 24. The molecular formula is C52H86O24. The molecule has 76 heavy (non-hydrogen) atoms. The Kier molecular flexibility index (Phi) is 18.1. The molecule has 24 nitrogen and oxygen atoms in total. The smallest absolute Gasteiger partial charge is 0.187 e. The average molecular weight is 1100 g/mol. The van der Waals surface area contributed by atoms with Crippen LogP contribution >= 0.6 is 0 Å². The Morgan fingerprint density at radius 2 is 1.26 bits per heavy atom. The Balaban J connectivity index is 0.863. The quantitative estimate of drug-likeness (QED) is 0.0671. The van der Waals surface area contributed by atoms with Crippen LogP contribution in [0.4, 0.5) is 0 Å². The summed E-state index contributed by atoms with van der Waals surface area (Å²) in [4.78, 5) is 0. The minimum absolute atomic E-state index is 0.0287. The molecule has 9 rings (SSSR count). The normalized spacial score (nSPS) is 54.8. The van der Waals surface area contributed by atoms with Gasteiger partial charge in [0.2, 0.25) is 0 Å². The summed E-state index contributed by atoms with van der Waals surface area (Å²) in [5.41, 5.74) is 0.423. The summed E-state index contributed by atoms with van der Waals surface area (Å²) >= 11 is 0. The van der Waals surface area contributed by atoms with Gasteiger partial charge in [0.05, 0.1) is 50.8 Å². The molecule has 0 radical (unpaired) electrons. The van der Waals surface area contributed by atoms with Gasteiger partial charge in [0.25, 0.3) is 0 Å². The van der Waals surface area contributed by atoms with E-state index in [1.165, 1.54) is 6.92 Å².